The lowest BCUT2D eigenvalue weighted by Crippen LogP contribution is -2.52. The van der Waals surface area contributed by atoms with Gasteiger partial charge in [-0.25, -0.2) is 4.99 Å². The van der Waals surface area contributed by atoms with Crippen LogP contribution in [0.15, 0.2) is 35.3 Å². The molecular weight excluding hydrogens is 477 g/mol. The van der Waals surface area contributed by atoms with Crippen molar-refractivity contribution in [3.05, 3.63) is 42.0 Å². The second-order valence-corrected chi connectivity index (χ2v) is 7.47. The van der Waals surface area contributed by atoms with Crippen molar-refractivity contribution in [1.29, 1.82) is 0 Å². The molecule has 7 nitrogen and oxygen atoms in total. The van der Waals surface area contributed by atoms with E-state index in [0.717, 1.165) is 63.3 Å². The average Bonchev–Trinajstić information content (AvgIpc) is 2.98. The van der Waals surface area contributed by atoms with Crippen molar-refractivity contribution < 1.29 is 0 Å². The van der Waals surface area contributed by atoms with Crippen LogP contribution in [0.1, 0.15) is 37.8 Å². The van der Waals surface area contributed by atoms with Crippen LogP contribution in [0.5, 0.6) is 0 Å². The molecule has 8 heteroatoms. The molecule has 0 radical (unpaired) electrons. The maximum absolute atomic E-state index is 4.91. The number of hydrogen-bond donors (Lipinski definition) is 1. The van der Waals surface area contributed by atoms with E-state index < -0.39 is 0 Å². The highest BCUT2D eigenvalue weighted by Crippen LogP contribution is 2.17. The number of nitrogens with one attached hydrogen (secondary N) is 1. The lowest BCUT2D eigenvalue weighted by Gasteiger charge is -2.37. The van der Waals surface area contributed by atoms with Gasteiger partial charge in [0.1, 0.15) is 12.4 Å². The highest BCUT2D eigenvalue weighted by atomic mass is 127. The first-order chi connectivity index (χ1) is 13.8. The molecule has 0 spiro atoms. The predicted molar refractivity (Wildman–Crippen MR) is 128 cm³/mol. The van der Waals surface area contributed by atoms with E-state index in [1.807, 2.05) is 0 Å². The zero-order chi connectivity index (χ0) is 19.2. The van der Waals surface area contributed by atoms with Crippen LogP contribution in [0, 0.1) is 0 Å². The molecule has 0 bridgehead atoms. The number of para-hydroxylation sites is 1. The maximum atomic E-state index is 4.91. The Balaban J connectivity index is 0.00000240. The molecule has 158 valence electrons. The molecule has 0 amide bonds. The minimum absolute atomic E-state index is 0. The first-order valence-electron chi connectivity index (χ1n) is 10.6. The number of anilines is 1. The van der Waals surface area contributed by atoms with Crippen molar-refractivity contribution in [3.8, 4) is 0 Å². The zero-order valence-corrected chi connectivity index (χ0v) is 19.6. The molecule has 0 saturated carbocycles. The fraction of sp³-hybridized carbons (Fsp3) is 0.571. The van der Waals surface area contributed by atoms with Crippen LogP contribution in [-0.4, -0.2) is 58.3 Å². The van der Waals surface area contributed by atoms with Crippen molar-refractivity contribution >= 4 is 35.6 Å². The van der Waals surface area contributed by atoms with Crippen molar-refractivity contribution in [3.63, 3.8) is 0 Å². The molecule has 4 rings (SSSR count). The summed E-state index contributed by atoms with van der Waals surface area (Å²) in [5.41, 5.74) is 1.30. The number of nitrogens with zero attached hydrogens (tertiary/aromatic N) is 6. The topological polar surface area (TPSA) is 61.6 Å². The van der Waals surface area contributed by atoms with E-state index in [2.05, 4.69) is 67.1 Å². The number of piperazine rings is 1. The number of aromatic nitrogens is 3. The highest BCUT2D eigenvalue weighted by molar-refractivity contribution is 14.0. The van der Waals surface area contributed by atoms with Crippen LogP contribution in [-0.2, 0) is 19.5 Å². The fourth-order valence-corrected chi connectivity index (χ4v) is 4.05. The number of guanidine groups is 1. The Morgan fingerprint density at radius 3 is 2.55 bits per heavy atom. The number of rotatable bonds is 4. The van der Waals surface area contributed by atoms with E-state index in [1.54, 1.807) is 0 Å². The van der Waals surface area contributed by atoms with Gasteiger partial charge < -0.3 is 19.7 Å². The molecule has 1 N–H and O–H groups in total. The molecule has 1 aromatic heterocycles. The smallest absolute Gasteiger partial charge is 0.194 e. The van der Waals surface area contributed by atoms with Crippen LogP contribution in [0.2, 0.25) is 0 Å². The summed E-state index contributed by atoms with van der Waals surface area (Å²) < 4.78 is 2.29. The Morgan fingerprint density at radius 2 is 1.79 bits per heavy atom. The summed E-state index contributed by atoms with van der Waals surface area (Å²) in [7, 11) is 0. The monoisotopic (exact) mass is 509 g/mol. The molecule has 2 aromatic rings. The van der Waals surface area contributed by atoms with Gasteiger partial charge in [-0.3, -0.25) is 0 Å². The molecule has 0 aliphatic carbocycles. The molecule has 0 unspecified atom stereocenters. The summed E-state index contributed by atoms with van der Waals surface area (Å²) in [6, 6.07) is 10.7. The molecule has 2 aliphatic heterocycles. The van der Waals surface area contributed by atoms with Gasteiger partial charge in [0.25, 0.3) is 0 Å². The van der Waals surface area contributed by atoms with Crippen LogP contribution < -0.4 is 10.2 Å². The third-order valence-electron chi connectivity index (χ3n) is 5.59. The maximum Gasteiger partial charge on any atom is 0.194 e. The molecule has 0 atom stereocenters. The number of benzene rings is 1. The summed E-state index contributed by atoms with van der Waals surface area (Å²) in [6.45, 7) is 8.57. The minimum Gasteiger partial charge on any atom is -0.368 e. The fourth-order valence-electron chi connectivity index (χ4n) is 4.05. The SMILES string of the molecule is CCNC(=NCc1nnc2n1CCCCC2)N1CCN(c2ccccc2)CC1.I. The number of aliphatic imine (C=N–C) groups is 1. The van der Waals surface area contributed by atoms with E-state index in [0.29, 0.717) is 6.54 Å². The summed E-state index contributed by atoms with van der Waals surface area (Å²) in [4.78, 5) is 9.71. The van der Waals surface area contributed by atoms with Crippen LogP contribution >= 0.6 is 24.0 Å². The molecule has 1 saturated heterocycles. The molecule has 1 aromatic carbocycles. The van der Waals surface area contributed by atoms with Gasteiger partial charge in [-0.2, -0.15) is 0 Å². The second kappa shape index (κ2) is 10.8. The van der Waals surface area contributed by atoms with E-state index in [1.165, 1.54) is 24.9 Å². The zero-order valence-electron chi connectivity index (χ0n) is 17.3. The highest BCUT2D eigenvalue weighted by Gasteiger charge is 2.20. The Hall–Kier alpha value is -1.84. The second-order valence-electron chi connectivity index (χ2n) is 7.47. The summed E-state index contributed by atoms with van der Waals surface area (Å²) >= 11 is 0. The van der Waals surface area contributed by atoms with E-state index in [9.17, 15) is 0 Å². The largest absolute Gasteiger partial charge is 0.368 e. The quantitative estimate of drug-likeness (QED) is 0.390. The van der Waals surface area contributed by atoms with Gasteiger partial charge in [-0.15, -0.1) is 34.2 Å². The van der Waals surface area contributed by atoms with Gasteiger partial charge in [-0.05, 0) is 31.9 Å². The van der Waals surface area contributed by atoms with Gasteiger partial charge in [0.05, 0.1) is 0 Å². The van der Waals surface area contributed by atoms with Gasteiger partial charge in [0.2, 0.25) is 0 Å². The van der Waals surface area contributed by atoms with Gasteiger partial charge in [-0.1, -0.05) is 24.6 Å². The van der Waals surface area contributed by atoms with Crippen LogP contribution in [0.25, 0.3) is 0 Å². The number of hydrogen-bond acceptors (Lipinski definition) is 4. The summed E-state index contributed by atoms with van der Waals surface area (Å²) in [5.74, 6) is 3.11. The molecular formula is C21H32IN7. The predicted octanol–water partition coefficient (Wildman–Crippen LogP) is 2.91. The standard InChI is InChI=1S/C21H31N7.HI/c1-2-22-21(23-17-20-25-24-19-11-7-4-8-12-28(19)20)27-15-13-26(14-16-27)18-9-5-3-6-10-18;/h3,5-6,9-10H,2,4,7-8,11-17H2,1H3,(H,22,23);1H. The van der Waals surface area contributed by atoms with Gasteiger partial charge in [0, 0.05) is 51.4 Å². The molecule has 2 aliphatic rings. The van der Waals surface area contributed by atoms with E-state index in [4.69, 9.17) is 4.99 Å². The first-order valence-corrected chi connectivity index (χ1v) is 10.6. The van der Waals surface area contributed by atoms with Crippen molar-refractivity contribution in [1.82, 2.24) is 25.0 Å². The third kappa shape index (κ3) is 5.40. The van der Waals surface area contributed by atoms with Crippen LogP contribution in [0.4, 0.5) is 5.69 Å². The van der Waals surface area contributed by atoms with E-state index >= 15 is 0 Å². The molecule has 29 heavy (non-hydrogen) atoms. The Bertz CT molecular complexity index is 782. The normalized spacial score (nSPS) is 17.3. The van der Waals surface area contributed by atoms with Crippen LogP contribution in [0.3, 0.4) is 0 Å². The number of halogens is 1. The van der Waals surface area contributed by atoms with Crippen molar-refractivity contribution in [2.24, 2.45) is 4.99 Å². The number of fused-ring (bicyclic) bond motifs is 1. The average molecular weight is 509 g/mol. The van der Waals surface area contributed by atoms with Crippen molar-refractivity contribution in [2.45, 2.75) is 45.7 Å². The van der Waals surface area contributed by atoms with Crippen molar-refractivity contribution in [2.75, 3.05) is 37.6 Å². The molecule has 3 heterocycles. The van der Waals surface area contributed by atoms with Gasteiger partial charge in [0.15, 0.2) is 11.8 Å². The first kappa shape index (κ1) is 21.9. The number of aryl methyl sites for hydroxylation is 1. The minimum atomic E-state index is 0. The lowest BCUT2D eigenvalue weighted by atomic mass is 10.2. The van der Waals surface area contributed by atoms with E-state index in [-0.39, 0.29) is 24.0 Å². The summed E-state index contributed by atoms with van der Waals surface area (Å²) in [5, 5.41) is 12.3. The molecule has 1 fully saturated rings. The van der Waals surface area contributed by atoms with Gasteiger partial charge >= 0.3 is 0 Å². The Morgan fingerprint density at radius 1 is 1.00 bits per heavy atom. The summed E-state index contributed by atoms with van der Waals surface area (Å²) in [6.07, 6.45) is 4.75. The third-order valence-corrected chi connectivity index (χ3v) is 5.59. The Labute approximate surface area is 190 Å². The lowest BCUT2D eigenvalue weighted by molar-refractivity contribution is 0.372. The Kier molecular flexibility index (Phi) is 8.14.